The third kappa shape index (κ3) is 3.41. The number of anilines is 1. The number of methoxy groups -OCH3 is 1. The number of hydrogen-bond donors (Lipinski definition) is 0. The van der Waals surface area contributed by atoms with Crippen LogP contribution in [0.15, 0.2) is 23.3 Å². The molecule has 6 nitrogen and oxygen atoms in total. The van der Waals surface area contributed by atoms with Gasteiger partial charge >= 0.3 is 6.09 Å². The minimum absolute atomic E-state index is 0.209. The number of cyclic esters (lactones) is 1. The van der Waals surface area contributed by atoms with Crippen LogP contribution in [0.3, 0.4) is 0 Å². The molecule has 1 amide bonds. The van der Waals surface area contributed by atoms with Crippen LogP contribution in [0.2, 0.25) is 0 Å². The van der Waals surface area contributed by atoms with Gasteiger partial charge in [-0.2, -0.15) is 10.1 Å². The Labute approximate surface area is 136 Å². The minimum Gasteiger partial charge on any atom is -0.493 e. The maximum absolute atomic E-state index is 12.1. The average Bonchev–Trinajstić information content (AvgIpc) is 3.07. The number of nitrogens with zero attached hydrogens (tertiary/aromatic N) is 2. The monoisotopic (exact) mass is 318 g/mol. The van der Waals surface area contributed by atoms with Crippen LogP contribution in [0.4, 0.5) is 10.5 Å². The van der Waals surface area contributed by atoms with Gasteiger partial charge in [0.05, 0.1) is 25.1 Å². The highest BCUT2D eigenvalue weighted by molar-refractivity contribution is 5.92. The number of benzene rings is 1. The van der Waals surface area contributed by atoms with Gasteiger partial charge in [-0.15, -0.1) is 0 Å². The van der Waals surface area contributed by atoms with Crippen LogP contribution in [-0.2, 0) is 4.74 Å². The van der Waals surface area contributed by atoms with E-state index in [1.165, 1.54) is 17.9 Å². The fourth-order valence-electron chi connectivity index (χ4n) is 2.83. The normalized spacial score (nSPS) is 21.4. The quantitative estimate of drug-likeness (QED) is 0.830. The van der Waals surface area contributed by atoms with Gasteiger partial charge in [0.15, 0.2) is 11.5 Å². The Balaban J connectivity index is 1.83. The van der Waals surface area contributed by atoms with Crippen molar-refractivity contribution in [1.29, 1.82) is 0 Å². The van der Waals surface area contributed by atoms with E-state index in [2.05, 4.69) is 5.10 Å². The van der Waals surface area contributed by atoms with Gasteiger partial charge in [0.25, 0.3) is 0 Å². The van der Waals surface area contributed by atoms with E-state index in [0.717, 1.165) is 12.8 Å². The molecule has 0 N–H and O–H groups in total. The van der Waals surface area contributed by atoms with E-state index in [4.69, 9.17) is 14.2 Å². The molecule has 1 unspecified atom stereocenters. The molecule has 0 radical (unpaired) electrons. The second kappa shape index (κ2) is 6.89. The molecule has 0 spiro atoms. The Morgan fingerprint density at radius 3 is 2.74 bits per heavy atom. The maximum Gasteiger partial charge on any atom is 0.435 e. The molecule has 6 heteroatoms. The highest BCUT2D eigenvalue weighted by Gasteiger charge is 2.26. The van der Waals surface area contributed by atoms with Crippen molar-refractivity contribution in [3.8, 4) is 11.5 Å². The highest BCUT2D eigenvalue weighted by Crippen LogP contribution is 2.35. The molecular formula is C17H22N2O4. The number of amides is 1. The largest absolute Gasteiger partial charge is 0.493 e. The molecule has 1 heterocycles. The molecule has 0 saturated heterocycles. The van der Waals surface area contributed by atoms with Crippen LogP contribution in [0.1, 0.15) is 39.0 Å². The van der Waals surface area contributed by atoms with Crippen LogP contribution in [0, 0.1) is 0 Å². The lowest BCUT2D eigenvalue weighted by molar-refractivity contribution is 0.129. The second-order valence-corrected chi connectivity index (χ2v) is 5.77. The molecule has 1 fully saturated rings. The first-order valence-corrected chi connectivity index (χ1v) is 8.10. The lowest BCUT2D eigenvalue weighted by atomic mass is 10.2. The van der Waals surface area contributed by atoms with Crippen molar-refractivity contribution >= 4 is 18.0 Å². The lowest BCUT2D eigenvalue weighted by Gasteiger charge is -2.25. The molecule has 0 aromatic heterocycles. The first-order valence-electron chi connectivity index (χ1n) is 8.10. The van der Waals surface area contributed by atoms with Crippen LogP contribution >= 0.6 is 0 Å². The van der Waals surface area contributed by atoms with E-state index in [-0.39, 0.29) is 12.2 Å². The zero-order valence-corrected chi connectivity index (χ0v) is 13.5. The molecule has 3 rings (SSSR count). The molecule has 1 aromatic carbocycles. The van der Waals surface area contributed by atoms with E-state index >= 15 is 0 Å². The summed E-state index contributed by atoms with van der Waals surface area (Å²) in [5.74, 6) is 1.29. The summed E-state index contributed by atoms with van der Waals surface area (Å²) in [7, 11) is 1.61. The molecule has 1 atom stereocenters. The number of rotatable bonds is 5. The van der Waals surface area contributed by atoms with Crippen molar-refractivity contribution in [3.63, 3.8) is 0 Å². The van der Waals surface area contributed by atoms with Crippen LogP contribution in [0.25, 0.3) is 0 Å². The second-order valence-electron chi connectivity index (χ2n) is 5.77. The van der Waals surface area contributed by atoms with Gasteiger partial charge in [-0.1, -0.05) is 6.92 Å². The Hall–Kier alpha value is -2.24. The van der Waals surface area contributed by atoms with Gasteiger partial charge in [-0.3, -0.25) is 0 Å². The van der Waals surface area contributed by atoms with Crippen molar-refractivity contribution in [1.82, 2.24) is 0 Å². The van der Waals surface area contributed by atoms with Crippen LogP contribution in [0.5, 0.6) is 11.5 Å². The molecule has 124 valence electrons. The predicted octanol–water partition coefficient (Wildman–Crippen LogP) is 3.74. The number of carbonyl (C=O) groups excluding carboxylic acids is 1. The van der Waals surface area contributed by atoms with E-state index in [1.54, 1.807) is 31.5 Å². The molecule has 1 aliphatic carbocycles. The Morgan fingerprint density at radius 1 is 1.30 bits per heavy atom. The Morgan fingerprint density at radius 2 is 2.09 bits per heavy atom. The fraction of sp³-hybridized carbons (Fsp3) is 0.529. The summed E-state index contributed by atoms with van der Waals surface area (Å²) in [5, 5.41) is 5.44. The summed E-state index contributed by atoms with van der Waals surface area (Å²) in [5.41, 5.74) is 0.606. The lowest BCUT2D eigenvalue weighted by Crippen LogP contribution is -2.36. The zero-order chi connectivity index (χ0) is 16.2. The molecule has 2 aliphatic rings. The van der Waals surface area contributed by atoms with E-state index in [0.29, 0.717) is 23.6 Å². The van der Waals surface area contributed by atoms with E-state index in [1.807, 2.05) is 6.92 Å². The molecule has 1 aromatic rings. The Bertz CT molecular complexity index is 596. The van der Waals surface area contributed by atoms with Crippen molar-refractivity contribution in [3.05, 3.63) is 18.2 Å². The van der Waals surface area contributed by atoms with Gasteiger partial charge in [0, 0.05) is 6.07 Å². The van der Waals surface area contributed by atoms with Gasteiger partial charge < -0.3 is 14.2 Å². The molecule has 1 aliphatic heterocycles. The number of ether oxygens (including phenoxy) is 3. The summed E-state index contributed by atoms with van der Waals surface area (Å²) in [6, 6.07) is 5.33. The average molecular weight is 318 g/mol. The minimum atomic E-state index is -0.476. The van der Waals surface area contributed by atoms with Gasteiger partial charge in [-0.25, -0.2) is 4.79 Å². The van der Waals surface area contributed by atoms with Crippen molar-refractivity contribution in [2.45, 2.75) is 51.2 Å². The third-order valence-electron chi connectivity index (χ3n) is 4.16. The van der Waals surface area contributed by atoms with Gasteiger partial charge in [-0.05, 0) is 44.2 Å². The smallest absolute Gasteiger partial charge is 0.435 e. The van der Waals surface area contributed by atoms with Crippen molar-refractivity contribution < 1.29 is 19.0 Å². The maximum atomic E-state index is 12.1. The number of hydrazone groups is 1. The van der Waals surface area contributed by atoms with E-state index < -0.39 is 6.09 Å². The third-order valence-corrected chi connectivity index (χ3v) is 4.16. The molecular weight excluding hydrogens is 296 g/mol. The molecule has 23 heavy (non-hydrogen) atoms. The van der Waals surface area contributed by atoms with Gasteiger partial charge in [0.1, 0.15) is 6.10 Å². The molecule has 0 bridgehead atoms. The van der Waals surface area contributed by atoms with Crippen LogP contribution in [-0.4, -0.2) is 31.6 Å². The topological polar surface area (TPSA) is 60.4 Å². The fourth-order valence-corrected chi connectivity index (χ4v) is 2.83. The zero-order valence-electron chi connectivity index (χ0n) is 13.5. The first kappa shape index (κ1) is 15.6. The Kier molecular flexibility index (Phi) is 4.69. The summed E-state index contributed by atoms with van der Waals surface area (Å²) in [6.07, 6.45) is 6.31. The number of hydrogen-bond acceptors (Lipinski definition) is 5. The summed E-state index contributed by atoms with van der Waals surface area (Å²) < 4.78 is 16.7. The van der Waals surface area contributed by atoms with E-state index in [9.17, 15) is 4.79 Å². The van der Waals surface area contributed by atoms with Gasteiger partial charge in [0.2, 0.25) is 0 Å². The standard InChI is InChI=1S/C17H22N2O4/c1-3-13-11-18-19(17(20)23-13)12-8-9-15(21-2)16(10-12)22-14-6-4-5-7-14/h8-11,13-14H,3-7H2,1-2H3. The van der Waals surface area contributed by atoms with Crippen molar-refractivity contribution in [2.75, 3.05) is 12.1 Å². The first-order chi connectivity index (χ1) is 11.2. The number of carbonyl (C=O) groups is 1. The van der Waals surface area contributed by atoms with Crippen molar-refractivity contribution in [2.24, 2.45) is 5.10 Å². The summed E-state index contributed by atoms with van der Waals surface area (Å²) in [6.45, 7) is 1.94. The highest BCUT2D eigenvalue weighted by atomic mass is 16.6. The summed E-state index contributed by atoms with van der Waals surface area (Å²) in [4.78, 5) is 12.1. The molecule has 1 saturated carbocycles. The SMILES string of the molecule is CCC1C=NN(c2ccc(OC)c(OC3CCCC3)c2)C(=O)O1. The predicted molar refractivity (Wildman–Crippen MR) is 87.4 cm³/mol. The summed E-state index contributed by atoms with van der Waals surface area (Å²) >= 11 is 0. The van der Waals surface area contributed by atoms with Crippen LogP contribution < -0.4 is 14.5 Å².